The van der Waals surface area contributed by atoms with E-state index in [0.717, 1.165) is 0 Å². The Kier molecular flexibility index (Phi) is 3.66. The molecule has 0 atom stereocenters. The van der Waals surface area contributed by atoms with Crippen LogP contribution in [0.25, 0.3) is 22.3 Å². The van der Waals surface area contributed by atoms with Crippen molar-refractivity contribution in [3.63, 3.8) is 0 Å². The van der Waals surface area contributed by atoms with Crippen molar-refractivity contribution in [2.24, 2.45) is 0 Å². The lowest BCUT2D eigenvalue weighted by molar-refractivity contribution is 0.0863. The smallest absolute Gasteiger partial charge is 0.259 e. The van der Waals surface area contributed by atoms with Crippen molar-refractivity contribution in [1.29, 1.82) is 0 Å². The zero-order chi connectivity index (χ0) is 20.3. The molecular formula is C22H11ClN2O4. The second-order valence-corrected chi connectivity index (χ2v) is 7.12. The summed E-state index contributed by atoms with van der Waals surface area (Å²) in [6.45, 7) is 0. The van der Waals surface area contributed by atoms with Crippen molar-refractivity contribution in [3.05, 3.63) is 81.9 Å². The molecule has 2 aliphatic heterocycles. The summed E-state index contributed by atoms with van der Waals surface area (Å²) in [5, 5.41) is 4.98. The van der Waals surface area contributed by atoms with Crippen LogP contribution in [-0.4, -0.2) is 23.6 Å². The van der Waals surface area contributed by atoms with Crippen molar-refractivity contribution < 1.29 is 19.2 Å². The Hall–Kier alpha value is -3.77. The molecule has 2 heterocycles. The lowest BCUT2D eigenvalue weighted by Gasteiger charge is -2.12. The fraction of sp³-hybridized carbons (Fsp3) is 0. The zero-order valence-electron chi connectivity index (χ0n) is 14.7. The molecule has 0 aromatic heterocycles. The van der Waals surface area contributed by atoms with E-state index in [0.29, 0.717) is 44.0 Å². The van der Waals surface area contributed by atoms with Crippen LogP contribution in [0.1, 0.15) is 41.4 Å². The molecule has 0 saturated carbocycles. The van der Waals surface area contributed by atoms with Gasteiger partial charge in [-0.2, -0.15) is 0 Å². The summed E-state index contributed by atoms with van der Waals surface area (Å²) in [6, 6.07) is 15.2. The number of fused-ring (bicyclic) bond motifs is 2. The number of imide groups is 2. The Balaban J connectivity index is 1.73. The maximum Gasteiger partial charge on any atom is 0.259 e. The van der Waals surface area contributed by atoms with Gasteiger partial charge >= 0.3 is 0 Å². The van der Waals surface area contributed by atoms with Crippen LogP contribution in [0.15, 0.2) is 54.6 Å². The summed E-state index contributed by atoms with van der Waals surface area (Å²) >= 11 is 6.42. The van der Waals surface area contributed by atoms with Crippen LogP contribution in [0.5, 0.6) is 0 Å². The number of benzene rings is 3. The van der Waals surface area contributed by atoms with Crippen LogP contribution >= 0.6 is 11.6 Å². The number of rotatable bonds is 2. The maximum absolute atomic E-state index is 12.3. The Morgan fingerprint density at radius 3 is 1.69 bits per heavy atom. The van der Waals surface area contributed by atoms with Crippen molar-refractivity contribution in [2.45, 2.75) is 0 Å². The zero-order valence-corrected chi connectivity index (χ0v) is 15.5. The quantitative estimate of drug-likeness (QED) is 0.642. The predicted molar refractivity (Wildman–Crippen MR) is 106 cm³/mol. The summed E-state index contributed by atoms with van der Waals surface area (Å²) < 4.78 is 0. The van der Waals surface area contributed by atoms with Gasteiger partial charge in [0, 0.05) is 10.6 Å². The normalized spacial score (nSPS) is 14.5. The Bertz CT molecular complexity index is 1300. The van der Waals surface area contributed by atoms with Gasteiger partial charge < -0.3 is 0 Å². The molecule has 0 fully saturated rings. The van der Waals surface area contributed by atoms with Gasteiger partial charge in [0.05, 0.1) is 22.3 Å². The molecule has 0 saturated heterocycles. The van der Waals surface area contributed by atoms with Crippen molar-refractivity contribution in [1.82, 2.24) is 10.6 Å². The monoisotopic (exact) mass is 402 g/mol. The fourth-order valence-corrected chi connectivity index (χ4v) is 4.02. The molecule has 0 aliphatic carbocycles. The third kappa shape index (κ3) is 2.50. The SMILES string of the molecule is O=C1NC(=O)c2c1cccc2-c1ccc(Cl)c(-c2cccc3c2C(=O)NC3=O)c1. The highest BCUT2D eigenvalue weighted by Gasteiger charge is 2.31. The van der Waals surface area contributed by atoms with Crippen molar-refractivity contribution >= 4 is 35.2 Å². The lowest BCUT2D eigenvalue weighted by Crippen LogP contribution is -2.20. The summed E-state index contributed by atoms with van der Waals surface area (Å²) in [4.78, 5) is 48.5. The average molecular weight is 403 g/mol. The van der Waals surface area contributed by atoms with E-state index in [-0.39, 0.29) is 5.56 Å². The van der Waals surface area contributed by atoms with E-state index in [9.17, 15) is 19.2 Å². The van der Waals surface area contributed by atoms with E-state index in [1.54, 1.807) is 54.6 Å². The topological polar surface area (TPSA) is 92.3 Å². The maximum atomic E-state index is 12.3. The Labute approximate surface area is 169 Å². The van der Waals surface area contributed by atoms with Gasteiger partial charge in [0.1, 0.15) is 0 Å². The first-order valence-corrected chi connectivity index (χ1v) is 9.11. The minimum absolute atomic E-state index is 0.266. The second-order valence-electron chi connectivity index (χ2n) is 6.72. The minimum Gasteiger partial charge on any atom is -0.288 e. The Morgan fingerprint density at radius 2 is 1.07 bits per heavy atom. The summed E-state index contributed by atoms with van der Waals surface area (Å²) in [6.07, 6.45) is 0. The van der Waals surface area contributed by atoms with Gasteiger partial charge in [-0.3, -0.25) is 29.8 Å². The van der Waals surface area contributed by atoms with E-state index >= 15 is 0 Å². The Morgan fingerprint density at radius 1 is 0.552 bits per heavy atom. The predicted octanol–water partition coefficient (Wildman–Crippen LogP) is 3.44. The number of nitrogens with one attached hydrogen (secondary N) is 2. The van der Waals surface area contributed by atoms with Gasteiger partial charge in [-0.05, 0) is 41.0 Å². The van der Waals surface area contributed by atoms with Gasteiger partial charge in [0.2, 0.25) is 0 Å². The number of carbonyl (C=O) groups excluding carboxylic acids is 4. The molecule has 2 N–H and O–H groups in total. The van der Waals surface area contributed by atoms with Gasteiger partial charge in [-0.1, -0.05) is 41.9 Å². The van der Waals surface area contributed by atoms with E-state index in [2.05, 4.69) is 10.6 Å². The molecule has 29 heavy (non-hydrogen) atoms. The molecule has 5 rings (SSSR count). The van der Waals surface area contributed by atoms with Gasteiger partial charge in [-0.25, -0.2) is 0 Å². The highest BCUT2D eigenvalue weighted by Crippen LogP contribution is 2.38. The first-order chi connectivity index (χ1) is 14.0. The molecule has 2 aliphatic rings. The van der Waals surface area contributed by atoms with Gasteiger partial charge in [0.25, 0.3) is 23.6 Å². The van der Waals surface area contributed by atoms with Crippen LogP contribution < -0.4 is 10.6 Å². The molecule has 0 unspecified atom stereocenters. The lowest BCUT2D eigenvalue weighted by atomic mass is 9.91. The molecule has 140 valence electrons. The average Bonchev–Trinajstić information content (AvgIpc) is 3.18. The molecular weight excluding hydrogens is 392 g/mol. The highest BCUT2D eigenvalue weighted by molar-refractivity contribution is 6.34. The highest BCUT2D eigenvalue weighted by atomic mass is 35.5. The number of hydrogen-bond acceptors (Lipinski definition) is 4. The molecule has 0 radical (unpaired) electrons. The molecule has 3 aromatic carbocycles. The van der Waals surface area contributed by atoms with E-state index < -0.39 is 23.6 Å². The molecule has 0 bridgehead atoms. The minimum atomic E-state index is -0.479. The molecule has 7 heteroatoms. The van der Waals surface area contributed by atoms with E-state index in [1.165, 1.54) is 0 Å². The fourth-order valence-electron chi connectivity index (χ4n) is 3.80. The second kappa shape index (κ2) is 6.12. The summed E-state index contributed by atoms with van der Waals surface area (Å²) in [5.74, 6) is -1.82. The van der Waals surface area contributed by atoms with Gasteiger partial charge in [-0.15, -0.1) is 0 Å². The number of hydrogen-bond donors (Lipinski definition) is 2. The molecule has 0 spiro atoms. The first-order valence-electron chi connectivity index (χ1n) is 8.73. The van der Waals surface area contributed by atoms with Crippen LogP contribution in [0.3, 0.4) is 0 Å². The number of halogens is 1. The molecule has 3 aromatic rings. The van der Waals surface area contributed by atoms with E-state index in [1.807, 2.05) is 0 Å². The third-order valence-corrected chi connectivity index (χ3v) is 5.42. The number of carbonyl (C=O) groups is 4. The first kappa shape index (κ1) is 17.3. The summed E-state index contributed by atoms with van der Waals surface area (Å²) in [5.41, 5.74) is 3.48. The molecule has 6 nitrogen and oxygen atoms in total. The van der Waals surface area contributed by atoms with Gasteiger partial charge in [0.15, 0.2) is 0 Å². The van der Waals surface area contributed by atoms with Crippen LogP contribution in [0, 0.1) is 0 Å². The van der Waals surface area contributed by atoms with Crippen LogP contribution in [-0.2, 0) is 0 Å². The van der Waals surface area contributed by atoms with E-state index in [4.69, 9.17) is 11.6 Å². The van der Waals surface area contributed by atoms with Crippen LogP contribution in [0.2, 0.25) is 5.02 Å². The van der Waals surface area contributed by atoms with Crippen LogP contribution in [0.4, 0.5) is 0 Å². The third-order valence-electron chi connectivity index (χ3n) is 5.09. The van der Waals surface area contributed by atoms with Crippen molar-refractivity contribution in [3.8, 4) is 22.3 Å². The van der Waals surface area contributed by atoms with Crippen molar-refractivity contribution in [2.75, 3.05) is 0 Å². The molecule has 4 amide bonds. The largest absolute Gasteiger partial charge is 0.288 e. The summed E-state index contributed by atoms with van der Waals surface area (Å²) in [7, 11) is 0. The number of amides is 4. The standard InChI is InChI=1S/C22H11ClN2O4/c23-16-8-7-10(11-3-1-5-13-17(11)21(28)24-19(13)26)9-15(16)12-4-2-6-14-18(12)22(29)25-20(14)27/h1-9H,(H,24,26,28)(H,25,27,29).